The van der Waals surface area contributed by atoms with Gasteiger partial charge in [0.2, 0.25) is 0 Å². The van der Waals surface area contributed by atoms with E-state index < -0.39 is 5.97 Å². The van der Waals surface area contributed by atoms with Crippen LogP contribution in [0.1, 0.15) is 19.3 Å². The summed E-state index contributed by atoms with van der Waals surface area (Å²) in [5.41, 5.74) is 0. The summed E-state index contributed by atoms with van der Waals surface area (Å²) in [4.78, 5) is 10.3. The molecule has 0 saturated carbocycles. The fraction of sp³-hybridized carbons (Fsp3) is 0.571. The van der Waals surface area contributed by atoms with E-state index in [9.17, 15) is 4.79 Å². The number of hydrogen-bond donors (Lipinski definition) is 1. The summed E-state index contributed by atoms with van der Waals surface area (Å²) < 4.78 is 0. The summed E-state index contributed by atoms with van der Waals surface area (Å²) in [6.45, 7) is 0. The van der Waals surface area contributed by atoms with Gasteiger partial charge in [0.05, 0.1) is 5.92 Å². The van der Waals surface area contributed by atoms with Crippen LogP contribution in [-0.4, -0.2) is 40.6 Å². The summed E-state index contributed by atoms with van der Waals surface area (Å²) in [6, 6.07) is 0. The monoisotopic (exact) mass is 150 g/mol. The van der Waals surface area contributed by atoms with Gasteiger partial charge >= 0.3 is 35.5 Å². The zero-order valence-corrected chi connectivity index (χ0v) is 5.21. The number of carboxylic acids is 1. The molecule has 1 aliphatic carbocycles. The van der Waals surface area contributed by atoms with Crippen LogP contribution in [0, 0.1) is 5.92 Å². The molecule has 1 N–H and O–H groups in total. The van der Waals surface area contributed by atoms with Gasteiger partial charge in [-0.25, -0.2) is 0 Å². The van der Waals surface area contributed by atoms with E-state index in [1.54, 1.807) is 6.08 Å². The van der Waals surface area contributed by atoms with Crippen LogP contribution in [0.5, 0.6) is 0 Å². The Hall–Kier alpha value is 0.210. The zero-order chi connectivity index (χ0) is 6.69. The van der Waals surface area contributed by atoms with Crippen LogP contribution in [-0.2, 0) is 4.79 Å². The number of carboxylic acid groups (broad SMARTS) is 1. The van der Waals surface area contributed by atoms with Crippen molar-refractivity contribution >= 4 is 35.5 Å². The van der Waals surface area contributed by atoms with E-state index in [4.69, 9.17) is 5.11 Å². The molecule has 1 aliphatic rings. The van der Waals surface area contributed by atoms with Crippen LogP contribution in [0.4, 0.5) is 0 Å². The van der Waals surface area contributed by atoms with Gasteiger partial charge in [-0.2, -0.15) is 0 Å². The van der Waals surface area contributed by atoms with Gasteiger partial charge in [0, 0.05) is 0 Å². The summed E-state index contributed by atoms with van der Waals surface area (Å²) in [6.07, 6.45) is 6.61. The Bertz CT molecular complexity index is 143. The molecule has 0 spiro atoms. The molecule has 3 heteroatoms. The second kappa shape index (κ2) is 4.94. The van der Waals surface area contributed by atoms with Crippen molar-refractivity contribution in [3.05, 3.63) is 12.2 Å². The van der Waals surface area contributed by atoms with Crippen molar-refractivity contribution in [2.75, 3.05) is 0 Å². The van der Waals surface area contributed by atoms with E-state index >= 15 is 0 Å². The fourth-order valence-electron chi connectivity index (χ4n) is 1.02. The van der Waals surface area contributed by atoms with Gasteiger partial charge in [0.25, 0.3) is 0 Å². The van der Waals surface area contributed by atoms with Crippen LogP contribution in [0.2, 0.25) is 0 Å². The molecule has 1 atom stereocenters. The second-order valence-electron chi connectivity index (χ2n) is 2.30. The molecule has 0 saturated heterocycles. The van der Waals surface area contributed by atoms with Gasteiger partial charge in [-0.15, -0.1) is 0 Å². The van der Waals surface area contributed by atoms with E-state index in [-0.39, 0.29) is 35.5 Å². The van der Waals surface area contributed by atoms with Crippen molar-refractivity contribution in [2.24, 2.45) is 5.92 Å². The molecule has 0 aromatic rings. The minimum atomic E-state index is -0.689. The first-order chi connectivity index (χ1) is 4.30. The number of rotatable bonds is 1. The molecule has 0 aliphatic heterocycles. The van der Waals surface area contributed by atoms with Crippen LogP contribution in [0.3, 0.4) is 0 Å². The average molecular weight is 150 g/mol. The topological polar surface area (TPSA) is 37.3 Å². The SMILES string of the molecule is O=C(O)C1C=CCCC1.[NaH]. The minimum absolute atomic E-state index is 0. The molecular weight excluding hydrogens is 139 g/mol. The van der Waals surface area contributed by atoms with Crippen molar-refractivity contribution in [3.8, 4) is 0 Å². The predicted molar refractivity (Wildman–Crippen MR) is 41.3 cm³/mol. The van der Waals surface area contributed by atoms with Gasteiger partial charge in [0.15, 0.2) is 0 Å². The zero-order valence-electron chi connectivity index (χ0n) is 5.21. The Morgan fingerprint density at radius 3 is 2.60 bits per heavy atom. The summed E-state index contributed by atoms with van der Waals surface area (Å²) in [7, 11) is 0. The summed E-state index contributed by atoms with van der Waals surface area (Å²) in [5, 5.41) is 8.49. The number of aliphatic carboxylic acids is 1. The Balaban J connectivity index is 0.000000810. The molecule has 1 rings (SSSR count). The number of allylic oxidation sites excluding steroid dienone is 1. The third-order valence-electron chi connectivity index (χ3n) is 1.57. The molecule has 0 aromatic heterocycles. The van der Waals surface area contributed by atoms with Gasteiger partial charge in [-0.1, -0.05) is 12.2 Å². The fourth-order valence-corrected chi connectivity index (χ4v) is 1.02. The number of carbonyl (C=O) groups is 1. The van der Waals surface area contributed by atoms with Crippen molar-refractivity contribution < 1.29 is 9.90 Å². The van der Waals surface area contributed by atoms with Gasteiger partial charge in [0.1, 0.15) is 0 Å². The van der Waals surface area contributed by atoms with E-state index in [0.717, 1.165) is 19.3 Å². The van der Waals surface area contributed by atoms with E-state index in [1.807, 2.05) is 6.08 Å². The van der Waals surface area contributed by atoms with Crippen molar-refractivity contribution in [1.82, 2.24) is 0 Å². The van der Waals surface area contributed by atoms with E-state index in [2.05, 4.69) is 0 Å². The summed E-state index contributed by atoms with van der Waals surface area (Å²) in [5.74, 6) is -0.898. The molecule has 52 valence electrons. The molecule has 0 bridgehead atoms. The third kappa shape index (κ3) is 2.86. The van der Waals surface area contributed by atoms with Gasteiger partial charge < -0.3 is 5.11 Å². The first kappa shape index (κ1) is 10.2. The summed E-state index contributed by atoms with van der Waals surface area (Å²) >= 11 is 0. The first-order valence-corrected chi connectivity index (χ1v) is 3.20. The molecule has 0 aromatic carbocycles. The first-order valence-electron chi connectivity index (χ1n) is 3.20. The second-order valence-corrected chi connectivity index (χ2v) is 2.30. The Labute approximate surface area is 82.6 Å². The van der Waals surface area contributed by atoms with Crippen molar-refractivity contribution in [3.63, 3.8) is 0 Å². The molecule has 0 fully saturated rings. The van der Waals surface area contributed by atoms with Crippen LogP contribution < -0.4 is 0 Å². The normalized spacial score (nSPS) is 23.4. The Morgan fingerprint density at radius 2 is 2.30 bits per heavy atom. The van der Waals surface area contributed by atoms with Gasteiger partial charge in [-0.05, 0) is 19.3 Å². The number of hydrogen-bond acceptors (Lipinski definition) is 1. The molecule has 0 amide bonds. The van der Waals surface area contributed by atoms with Crippen molar-refractivity contribution in [2.45, 2.75) is 19.3 Å². The Morgan fingerprint density at radius 1 is 1.60 bits per heavy atom. The molecule has 2 nitrogen and oxygen atoms in total. The van der Waals surface area contributed by atoms with Crippen LogP contribution >= 0.6 is 0 Å². The van der Waals surface area contributed by atoms with E-state index in [0.29, 0.717) is 0 Å². The van der Waals surface area contributed by atoms with Crippen molar-refractivity contribution in [1.29, 1.82) is 0 Å². The quantitative estimate of drug-likeness (QED) is 0.443. The Kier molecular flexibility index (Phi) is 5.04. The molecule has 0 heterocycles. The molecule has 0 radical (unpaired) electrons. The van der Waals surface area contributed by atoms with E-state index in [1.165, 1.54) is 0 Å². The molecule has 1 unspecified atom stereocenters. The van der Waals surface area contributed by atoms with Gasteiger partial charge in [-0.3, -0.25) is 4.79 Å². The maximum absolute atomic E-state index is 10.3. The van der Waals surface area contributed by atoms with Crippen LogP contribution in [0.15, 0.2) is 12.2 Å². The molecule has 10 heavy (non-hydrogen) atoms. The average Bonchev–Trinajstić information content (AvgIpc) is 1.90. The maximum atomic E-state index is 10.3. The van der Waals surface area contributed by atoms with Crippen LogP contribution in [0.25, 0.3) is 0 Å². The molecular formula is C7H11NaO2. The standard InChI is InChI=1S/C7H10O2.Na.H/c8-7(9)6-4-2-1-3-5-6;;/h2,4,6H,1,3,5H2,(H,8,9);;. The third-order valence-corrected chi connectivity index (χ3v) is 1.57. The predicted octanol–water partition coefficient (Wildman–Crippen LogP) is 0.779.